The molecule has 4 rings (SSSR count). The monoisotopic (exact) mass is 436 g/mol. The summed E-state index contributed by atoms with van der Waals surface area (Å²) < 4.78 is 0. The van der Waals surface area contributed by atoms with E-state index in [1.54, 1.807) is 6.33 Å². The molecule has 0 aliphatic carbocycles. The van der Waals surface area contributed by atoms with Gasteiger partial charge in [-0.2, -0.15) is 0 Å². The van der Waals surface area contributed by atoms with Crippen LogP contribution in [0.4, 0.5) is 0 Å². The Labute approximate surface area is 130 Å². The number of fused-ring (bicyclic) bond motifs is 6. The molecular formula is C17H11IrN2-. The minimum atomic E-state index is 0. The van der Waals surface area contributed by atoms with Crippen molar-refractivity contribution in [3.8, 4) is 0 Å². The Morgan fingerprint density at radius 2 is 1.65 bits per heavy atom. The predicted octanol–water partition coefficient (Wildman–Crippen LogP) is 4.04. The van der Waals surface area contributed by atoms with E-state index in [2.05, 4.69) is 46.4 Å². The van der Waals surface area contributed by atoms with Crippen LogP contribution in [0.2, 0.25) is 0 Å². The second-order valence-electron chi connectivity index (χ2n) is 4.69. The van der Waals surface area contributed by atoms with Crippen molar-refractivity contribution in [3.63, 3.8) is 0 Å². The summed E-state index contributed by atoms with van der Waals surface area (Å²) in [6, 6.07) is 17.8. The summed E-state index contributed by atoms with van der Waals surface area (Å²) in [4.78, 5) is 8.82. The van der Waals surface area contributed by atoms with E-state index in [1.807, 2.05) is 19.1 Å². The maximum absolute atomic E-state index is 4.48. The van der Waals surface area contributed by atoms with Gasteiger partial charge in [0.05, 0.1) is 0 Å². The van der Waals surface area contributed by atoms with Crippen molar-refractivity contribution in [3.05, 3.63) is 60.6 Å². The van der Waals surface area contributed by atoms with Crippen LogP contribution in [0.3, 0.4) is 0 Å². The van der Waals surface area contributed by atoms with Crippen molar-refractivity contribution in [2.75, 3.05) is 0 Å². The summed E-state index contributed by atoms with van der Waals surface area (Å²) in [6.45, 7) is 2.03. The Hall–Kier alpha value is -1.83. The van der Waals surface area contributed by atoms with Crippen LogP contribution in [0.15, 0.2) is 48.8 Å². The molecule has 0 aliphatic heterocycles. The van der Waals surface area contributed by atoms with Crippen molar-refractivity contribution in [1.29, 1.82) is 0 Å². The fourth-order valence-corrected chi connectivity index (χ4v) is 2.78. The fraction of sp³-hybridized carbons (Fsp3) is 0.0588. The summed E-state index contributed by atoms with van der Waals surface area (Å²) in [5.41, 5.74) is 2.00. The third-order valence-corrected chi connectivity index (χ3v) is 3.62. The van der Waals surface area contributed by atoms with Crippen LogP contribution < -0.4 is 0 Å². The first-order valence-electron chi connectivity index (χ1n) is 6.28. The molecule has 20 heavy (non-hydrogen) atoms. The molecule has 0 fully saturated rings. The predicted molar refractivity (Wildman–Crippen MR) is 78.1 cm³/mol. The van der Waals surface area contributed by atoms with Crippen molar-refractivity contribution in [2.24, 2.45) is 0 Å². The summed E-state index contributed by atoms with van der Waals surface area (Å²) >= 11 is 0. The smallest absolute Gasteiger partial charge is 0.105 e. The van der Waals surface area contributed by atoms with Gasteiger partial charge in [0.25, 0.3) is 0 Å². The third kappa shape index (κ3) is 1.75. The minimum Gasteiger partial charge on any atom is -0.285 e. The van der Waals surface area contributed by atoms with Gasteiger partial charge >= 0.3 is 0 Å². The number of aromatic nitrogens is 2. The molecule has 0 aliphatic rings. The molecule has 2 nitrogen and oxygen atoms in total. The molecule has 0 saturated carbocycles. The molecular weight excluding hydrogens is 424 g/mol. The summed E-state index contributed by atoms with van der Waals surface area (Å²) in [6.07, 6.45) is 1.63. The van der Waals surface area contributed by atoms with Crippen LogP contribution in [-0.2, 0) is 20.1 Å². The molecule has 0 atom stereocenters. The van der Waals surface area contributed by atoms with Gasteiger partial charge in [0.1, 0.15) is 6.33 Å². The SMILES string of the molecule is Cc1ncnc2c3[c-]cccc3c3ccccc3c12.[Ir]. The molecule has 0 amide bonds. The normalized spacial score (nSPS) is 10.8. The van der Waals surface area contributed by atoms with Gasteiger partial charge < -0.3 is 0 Å². The molecule has 0 saturated heterocycles. The van der Waals surface area contributed by atoms with Crippen LogP contribution in [0.5, 0.6) is 0 Å². The van der Waals surface area contributed by atoms with Crippen LogP contribution >= 0.6 is 0 Å². The maximum Gasteiger partial charge on any atom is 0.105 e. The van der Waals surface area contributed by atoms with Gasteiger partial charge in [-0.05, 0) is 23.2 Å². The Morgan fingerprint density at radius 3 is 2.50 bits per heavy atom. The van der Waals surface area contributed by atoms with E-state index in [4.69, 9.17) is 0 Å². The zero-order valence-electron chi connectivity index (χ0n) is 10.8. The molecule has 1 aromatic heterocycles. The molecule has 0 spiro atoms. The Kier molecular flexibility index (Phi) is 3.25. The van der Waals surface area contributed by atoms with Gasteiger partial charge in [0, 0.05) is 25.8 Å². The zero-order valence-corrected chi connectivity index (χ0v) is 13.2. The molecule has 1 heterocycles. The van der Waals surface area contributed by atoms with Crippen molar-refractivity contribution >= 4 is 32.4 Å². The number of rotatable bonds is 0. The van der Waals surface area contributed by atoms with Crippen LogP contribution in [0, 0.1) is 13.0 Å². The molecule has 3 heteroatoms. The first kappa shape index (κ1) is 13.2. The van der Waals surface area contributed by atoms with Crippen LogP contribution in [-0.4, -0.2) is 9.97 Å². The topological polar surface area (TPSA) is 25.8 Å². The number of hydrogen-bond acceptors (Lipinski definition) is 2. The standard InChI is InChI=1S/C17H11N2.Ir/c1-11-16-14-8-4-2-6-12(14)13-7-3-5-9-15(13)17(16)19-10-18-11;/h2-8,10H,1H3;/q-1;. The first-order valence-corrected chi connectivity index (χ1v) is 6.28. The van der Waals surface area contributed by atoms with Gasteiger partial charge in [0.2, 0.25) is 0 Å². The Morgan fingerprint density at radius 1 is 0.900 bits per heavy atom. The second kappa shape index (κ2) is 4.93. The average molecular weight is 436 g/mol. The zero-order chi connectivity index (χ0) is 12.8. The van der Waals surface area contributed by atoms with E-state index in [0.29, 0.717) is 0 Å². The number of aryl methyl sites for hydroxylation is 1. The Balaban J connectivity index is 0.00000121. The molecule has 0 unspecified atom stereocenters. The summed E-state index contributed by atoms with van der Waals surface area (Å²) in [5, 5.41) is 5.85. The van der Waals surface area contributed by atoms with E-state index in [-0.39, 0.29) is 20.1 Å². The fourth-order valence-electron chi connectivity index (χ4n) is 2.78. The van der Waals surface area contributed by atoms with E-state index in [1.165, 1.54) is 16.2 Å². The second-order valence-corrected chi connectivity index (χ2v) is 4.69. The Bertz CT molecular complexity index is 887. The molecule has 0 N–H and O–H groups in total. The van der Waals surface area contributed by atoms with Crippen molar-refractivity contribution in [2.45, 2.75) is 6.92 Å². The van der Waals surface area contributed by atoms with E-state index in [0.717, 1.165) is 22.0 Å². The number of benzene rings is 3. The number of hydrogen-bond donors (Lipinski definition) is 0. The number of nitrogens with zero attached hydrogens (tertiary/aromatic N) is 2. The van der Waals surface area contributed by atoms with E-state index in [9.17, 15) is 0 Å². The van der Waals surface area contributed by atoms with Gasteiger partial charge in [-0.1, -0.05) is 35.0 Å². The molecule has 4 aromatic rings. The van der Waals surface area contributed by atoms with Gasteiger partial charge in [-0.3, -0.25) is 4.98 Å². The quantitative estimate of drug-likeness (QED) is 0.308. The first-order chi connectivity index (χ1) is 9.36. The van der Waals surface area contributed by atoms with Crippen molar-refractivity contribution in [1.82, 2.24) is 9.97 Å². The molecule has 1 radical (unpaired) electrons. The third-order valence-electron chi connectivity index (χ3n) is 3.62. The van der Waals surface area contributed by atoms with E-state index >= 15 is 0 Å². The minimum absolute atomic E-state index is 0. The largest absolute Gasteiger partial charge is 0.285 e. The van der Waals surface area contributed by atoms with Gasteiger partial charge in [-0.25, -0.2) is 4.98 Å². The molecule has 3 aromatic carbocycles. The molecule has 99 valence electrons. The van der Waals surface area contributed by atoms with Crippen molar-refractivity contribution < 1.29 is 20.1 Å². The van der Waals surface area contributed by atoms with Crippen LogP contribution in [0.25, 0.3) is 32.4 Å². The van der Waals surface area contributed by atoms with E-state index < -0.39 is 0 Å². The van der Waals surface area contributed by atoms with Gasteiger partial charge in [0.15, 0.2) is 0 Å². The average Bonchev–Trinajstić information content (AvgIpc) is 2.47. The molecule has 0 bridgehead atoms. The maximum atomic E-state index is 4.48. The summed E-state index contributed by atoms with van der Waals surface area (Å²) in [7, 11) is 0. The summed E-state index contributed by atoms with van der Waals surface area (Å²) in [5.74, 6) is 0. The van der Waals surface area contributed by atoms with Crippen LogP contribution in [0.1, 0.15) is 5.69 Å². The van der Waals surface area contributed by atoms with Gasteiger partial charge in [-0.15, -0.1) is 29.7 Å².